The summed E-state index contributed by atoms with van der Waals surface area (Å²) in [4.78, 5) is 8.09. The SMILES string of the molecule is CCNc1ncc(F)c(NC2Cc3ccccc3C2)n1. The molecule has 0 fully saturated rings. The van der Waals surface area contributed by atoms with Gasteiger partial charge >= 0.3 is 0 Å². The molecule has 1 heterocycles. The van der Waals surface area contributed by atoms with Gasteiger partial charge in [-0.1, -0.05) is 24.3 Å². The summed E-state index contributed by atoms with van der Waals surface area (Å²) in [5.41, 5.74) is 2.65. The molecular weight excluding hydrogens is 255 g/mol. The number of nitrogens with zero attached hydrogens (tertiary/aromatic N) is 2. The van der Waals surface area contributed by atoms with Crippen molar-refractivity contribution in [3.63, 3.8) is 0 Å². The van der Waals surface area contributed by atoms with Crippen molar-refractivity contribution in [1.29, 1.82) is 0 Å². The predicted molar refractivity (Wildman–Crippen MR) is 77.4 cm³/mol. The highest BCUT2D eigenvalue weighted by Gasteiger charge is 2.22. The molecule has 0 saturated carbocycles. The highest BCUT2D eigenvalue weighted by molar-refractivity contribution is 5.44. The van der Waals surface area contributed by atoms with Crippen LogP contribution in [0.3, 0.4) is 0 Å². The number of hydrogen-bond donors (Lipinski definition) is 2. The van der Waals surface area contributed by atoms with Crippen molar-refractivity contribution in [1.82, 2.24) is 9.97 Å². The normalized spacial score (nSPS) is 14.1. The molecule has 5 heteroatoms. The number of hydrogen-bond acceptors (Lipinski definition) is 4. The highest BCUT2D eigenvalue weighted by atomic mass is 19.1. The molecule has 0 bridgehead atoms. The van der Waals surface area contributed by atoms with Gasteiger partial charge in [0.05, 0.1) is 6.20 Å². The maximum Gasteiger partial charge on any atom is 0.224 e. The third kappa shape index (κ3) is 2.57. The van der Waals surface area contributed by atoms with Crippen LogP contribution >= 0.6 is 0 Å². The fourth-order valence-corrected chi connectivity index (χ4v) is 2.57. The van der Waals surface area contributed by atoms with Gasteiger partial charge in [-0.3, -0.25) is 0 Å². The van der Waals surface area contributed by atoms with Gasteiger partial charge in [-0.25, -0.2) is 9.37 Å². The van der Waals surface area contributed by atoms with Crippen molar-refractivity contribution in [2.45, 2.75) is 25.8 Å². The van der Waals surface area contributed by atoms with Gasteiger partial charge in [-0.2, -0.15) is 4.98 Å². The molecule has 0 saturated heterocycles. The van der Waals surface area contributed by atoms with Crippen LogP contribution in [0, 0.1) is 5.82 Å². The lowest BCUT2D eigenvalue weighted by Gasteiger charge is -2.14. The van der Waals surface area contributed by atoms with Gasteiger partial charge in [-0.15, -0.1) is 0 Å². The molecule has 0 radical (unpaired) electrons. The number of anilines is 2. The third-order valence-corrected chi connectivity index (χ3v) is 3.47. The summed E-state index contributed by atoms with van der Waals surface area (Å²) >= 11 is 0. The number of halogens is 1. The van der Waals surface area contributed by atoms with Gasteiger partial charge in [0.1, 0.15) is 0 Å². The van der Waals surface area contributed by atoms with E-state index in [1.54, 1.807) is 0 Å². The molecule has 1 aromatic carbocycles. The summed E-state index contributed by atoms with van der Waals surface area (Å²) < 4.78 is 13.8. The quantitative estimate of drug-likeness (QED) is 0.898. The lowest BCUT2D eigenvalue weighted by atomic mass is 10.1. The Balaban J connectivity index is 1.74. The van der Waals surface area contributed by atoms with Crippen molar-refractivity contribution >= 4 is 11.8 Å². The molecule has 0 aliphatic heterocycles. The minimum Gasteiger partial charge on any atom is -0.364 e. The Morgan fingerprint density at radius 3 is 2.60 bits per heavy atom. The Morgan fingerprint density at radius 2 is 1.95 bits per heavy atom. The van der Waals surface area contributed by atoms with E-state index in [2.05, 4.69) is 32.7 Å². The standard InChI is InChI=1S/C15H17FN4/c1-2-17-15-18-9-13(16)14(20-15)19-12-7-10-5-3-4-6-11(10)8-12/h3-6,9,12H,2,7-8H2,1H3,(H2,17,18,19,20). The van der Waals surface area contributed by atoms with Gasteiger partial charge in [0.25, 0.3) is 0 Å². The van der Waals surface area contributed by atoms with Gasteiger partial charge in [0, 0.05) is 12.6 Å². The average molecular weight is 272 g/mol. The monoisotopic (exact) mass is 272 g/mol. The third-order valence-electron chi connectivity index (χ3n) is 3.47. The molecule has 104 valence electrons. The first-order valence-corrected chi connectivity index (χ1v) is 6.86. The molecule has 4 nitrogen and oxygen atoms in total. The second-order valence-corrected chi connectivity index (χ2v) is 4.94. The molecule has 1 aliphatic rings. The first kappa shape index (κ1) is 12.8. The molecule has 2 aromatic rings. The summed E-state index contributed by atoms with van der Waals surface area (Å²) in [6, 6.07) is 8.51. The first-order valence-electron chi connectivity index (χ1n) is 6.86. The predicted octanol–water partition coefficient (Wildman–Crippen LogP) is 2.63. The number of fused-ring (bicyclic) bond motifs is 1. The first-order chi connectivity index (χ1) is 9.76. The van der Waals surface area contributed by atoms with Crippen molar-refractivity contribution in [3.05, 3.63) is 47.4 Å². The molecule has 0 unspecified atom stereocenters. The van der Waals surface area contributed by atoms with Gasteiger partial charge in [-0.05, 0) is 30.9 Å². The average Bonchev–Trinajstić information content (AvgIpc) is 2.85. The fourth-order valence-electron chi connectivity index (χ4n) is 2.57. The Hall–Kier alpha value is -2.17. The van der Waals surface area contributed by atoms with Crippen LogP contribution in [-0.4, -0.2) is 22.6 Å². The van der Waals surface area contributed by atoms with Crippen LogP contribution in [0.1, 0.15) is 18.1 Å². The zero-order valence-electron chi connectivity index (χ0n) is 11.4. The van der Waals surface area contributed by atoms with E-state index >= 15 is 0 Å². The molecule has 0 amide bonds. The smallest absolute Gasteiger partial charge is 0.224 e. The molecule has 1 aliphatic carbocycles. The molecule has 0 atom stereocenters. The zero-order chi connectivity index (χ0) is 13.9. The summed E-state index contributed by atoms with van der Waals surface area (Å²) in [5.74, 6) is 0.309. The van der Waals surface area contributed by atoms with Crippen molar-refractivity contribution < 1.29 is 4.39 Å². The van der Waals surface area contributed by atoms with Crippen molar-refractivity contribution in [2.24, 2.45) is 0 Å². The Kier molecular flexibility index (Phi) is 3.50. The van der Waals surface area contributed by atoms with Crippen molar-refractivity contribution in [2.75, 3.05) is 17.2 Å². The molecule has 3 rings (SSSR count). The number of benzene rings is 1. The lowest BCUT2D eigenvalue weighted by molar-refractivity contribution is 0.611. The largest absolute Gasteiger partial charge is 0.364 e. The van der Waals surface area contributed by atoms with Gasteiger partial charge in [0.2, 0.25) is 5.95 Å². The second kappa shape index (κ2) is 5.45. The lowest BCUT2D eigenvalue weighted by Crippen LogP contribution is -2.21. The maximum atomic E-state index is 13.8. The summed E-state index contributed by atoms with van der Waals surface area (Å²) in [6.45, 7) is 2.66. The van der Waals surface area contributed by atoms with Crippen LogP contribution < -0.4 is 10.6 Å². The Bertz CT molecular complexity index is 590. The van der Waals surface area contributed by atoms with Crippen LogP contribution in [0.15, 0.2) is 30.5 Å². The number of aromatic nitrogens is 2. The zero-order valence-corrected chi connectivity index (χ0v) is 11.4. The van der Waals surface area contributed by atoms with Crippen LogP contribution in [0.4, 0.5) is 16.2 Å². The molecule has 2 N–H and O–H groups in total. The van der Waals surface area contributed by atoms with E-state index in [0.29, 0.717) is 12.5 Å². The van der Waals surface area contributed by atoms with E-state index < -0.39 is 5.82 Å². The topological polar surface area (TPSA) is 49.8 Å². The summed E-state index contributed by atoms with van der Waals surface area (Å²) in [6.07, 6.45) is 3.00. The maximum absolute atomic E-state index is 13.8. The van der Waals surface area contributed by atoms with E-state index in [9.17, 15) is 4.39 Å². The minimum atomic E-state index is -0.414. The molecule has 0 spiro atoms. The van der Waals surface area contributed by atoms with Gasteiger partial charge in [0.15, 0.2) is 11.6 Å². The number of rotatable bonds is 4. The van der Waals surface area contributed by atoms with Crippen LogP contribution in [0.2, 0.25) is 0 Å². The summed E-state index contributed by atoms with van der Waals surface area (Å²) in [7, 11) is 0. The fraction of sp³-hybridized carbons (Fsp3) is 0.333. The van der Waals surface area contributed by atoms with Crippen LogP contribution in [0.5, 0.6) is 0 Å². The van der Waals surface area contributed by atoms with Crippen LogP contribution in [0.25, 0.3) is 0 Å². The molecule has 1 aromatic heterocycles. The Labute approximate surface area is 117 Å². The van der Waals surface area contributed by atoms with Gasteiger partial charge < -0.3 is 10.6 Å². The van der Waals surface area contributed by atoms with Crippen molar-refractivity contribution in [3.8, 4) is 0 Å². The number of nitrogens with one attached hydrogen (secondary N) is 2. The van der Waals surface area contributed by atoms with E-state index in [1.807, 2.05) is 19.1 Å². The molecular formula is C15H17FN4. The van der Waals surface area contributed by atoms with E-state index in [0.717, 1.165) is 12.8 Å². The van der Waals surface area contributed by atoms with Crippen LogP contribution in [-0.2, 0) is 12.8 Å². The Morgan fingerprint density at radius 1 is 1.25 bits per heavy atom. The second-order valence-electron chi connectivity index (χ2n) is 4.94. The van der Waals surface area contributed by atoms with E-state index in [4.69, 9.17) is 0 Å². The minimum absolute atomic E-state index is 0.186. The van der Waals surface area contributed by atoms with E-state index in [1.165, 1.54) is 17.3 Å². The van der Waals surface area contributed by atoms with E-state index in [-0.39, 0.29) is 11.9 Å². The molecule has 20 heavy (non-hydrogen) atoms. The summed E-state index contributed by atoms with van der Waals surface area (Å²) in [5, 5.41) is 6.18. The highest BCUT2D eigenvalue weighted by Crippen LogP contribution is 2.24.